The first kappa shape index (κ1) is 16.9. The van der Waals surface area contributed by atoms with Crippen molar-refractivity contribution in [3.63, 3.8) is 0 Å². The normalized spacial score (nSPS) is 16.9. The highest BCUT2D eigenvalue weighted by Crippen LogP contribution is 2.31. The van der Waals surface area contributed by atoms with Crippen molar-refractivity contribution in [2.45, 2.75) is 18.9 Å². The predicted octanol–water partition coefficient (Wildman–Crippen LogP) is 2.60. The van der Waals surface area contributed by atoms with Gasteiger partial charge in [-0.15, -0.1) is 13.2 Å². The van der Waals surface area contributed by atoms with Gasteiger partial charge in [-0.3, -0.25) is 4.79 Å². The lowest BCUT2D eigenvalue weighted by Gasteiger charge is -2.35. The van der Waals surface area contributed by atoms with Crippen LogP contribution in [0.2, 0.25) is 0 Å². The molecule has 25 heavy (non-hydrogen) atoms. The van der Waals surface area contributed by atoms with Gasteiger partial charge in [-0.25, -0.2) is 4.68 Å². The minimum absolute atomic E-state index is 0.219. The monoisotopic (exact) mass is 352 g/mol. The van der Waals surface area contributed by atoms with E-state index in [9.17, 15) is 18.0 Å². The molecule has 1 unspecified atom stereocenters. The Labute approximate surface area is 141 Å². The second kappa shape index (κ2) is 6.50. The lowest BCUT2D eigenvalue weighted by Crippen LogP contribution is -2.48. The number of rotatable bonds is 4. The molecule has 0 radical (unpaired) electrons. The van der Waals surface area contributed by atoms with E-state index < -0.39 is 6.36 Å². The van der Waals surface area contributed by atoms with Gasteiger partial charge in [0.1, 0.15) is 11.6 Å². The predicted molar refractivity (Wildman–Crippen MR) is 84.5 cm³/mol. The minimum Gasteiger partial charge on any atom is -0.406 e. The number of benzene rings is 1. The number of hydrogen-bond acceptors (Lipinski definition) is 4. The maximum atomic E-state index is 12.3. The summed E-state index contributed by atoms with van der Waals surface area (Å²) >= 11 is 0. The summed E-state index contributed by atoms with van der Waals surface area (Å²) < 4.78 is 42.4. The van der Waals surface area contributed by atoms with Crippen LogP contribution in [-0.4, -0.2) is 34.6 Å². The number of carbonyl (C=O) groups is 1. The molecular weight excluding hydrogens is 337 g/mol. The number of amides is 1. The minimum atomic E-state index is -4.73. The third-order valence-electron chi connectivity index (χ3n) is 3.68. The first-order valence-electron chi connectivity index (χ1n) is 7.44. The SMILES string of the molecule is C=CC(=O)NC1CN(c2ccc(OC(F)(F)F)cc2)c2ccnn2C1. The first-order chi connectivity index (χ1) is 11.9. The topological polar surface area (TPSA) is 59.4 Å². The van der Waals surface area contributed by atoms with Gasteiger partial charge in [-0.05, 0) is 30.3 Å². The second-order valence-electron chi connectivity index (χ2n) is 5.43. The molecule has 1 aliphatic rings. The molecule has 1 aromatic carbocycles. The van der Waals surface area contributed by atoms with Gasteiger partial charge in [0.05, 0.1) is 18.8 Å². The summed E-state index contributed by atoms with van der Waals surface area (Å²) in [5, 5.41) is 7.01. The van der Waals surface area contributed by atoms with E-state index in [1.165, 1.54) is 30.3 Å². The van der Waals surface area contributed by atoms with Gasteiger partial charge in [0, 0.05) is 18.3 Å². The summed E-state index contributed by atoms with van der Waals surface area (Å²) in [7, 11) is 0. The van der Waals surface area contributed by atoms with E-state index in [1.54, 1.807) is 16.9 Å². The van der Waals surface area contributed by atoms with Gasteiger partial charge >= 0.3 is 6.36 Å². The van der Waals surface area contributed by atoms with Gasteiger partial charge in [0.2, 0.25) is 5.91 Å². The number of hydrogen-bond donors (Lipinski definition) is 1. The molecule has 1 atom stereocenters. The molecule has 1 amide bonds. The molecule has 3 rings (SSSR count). The maximum absolute atomic E-state index is 12.3. The Kier molecular flexibility index (Phi) is 4.39. The zero-order valence-corrected chi connectivity index (χ0v) is 13.0. The van der Waals surface area contributed by atoms with Crippen molar-refractivity contribution in [2.24, 2.45) is 0 Å². The number of alkyl halides is 3. The Morgan fingerprint density at radius 1 is 1.28 bits per heavy atom. The standard InChI is InChI=1S/C16H15F3N4O2/c1-2-14(24)21-11-9-22(15-7-8-20-23(15)10-11)12-3-5-13(6-4-12)25-16(17,18)19/h2-8,11H,1,9-10H2,(H,21,24). The van der Waals surface area contributed by atoms with Gasteiger partial charge in [-0.2, -0.15) is 5.10 Å². The van der Waals surface area contributed by atoms with E-state index in [-0.39, 0.29) is 17.7 Å². The average molecular weight is 352 g/mol. The molecule has 0 saturated carbocycles. The van der Waals surface area contributed by atoms with Gasteiger partial charge in [-0.1, -0.05) is 6.58 Å². The van der Waals surface area contributed by atoms with Crippen LogP contribution in [0, 0.1) is 0 Å². The number of anilines is 2. The highest BCUT2D eigenvalue weighted by molar-refractivity contribution is 5.87. The molecule has 0 aliphatic carbocycles. The molecule has 1 aromatic heterocycles. The largest absolute Gasteiger partial charge is 0.573 e. The van der Waals surface area contributed by atoms with Gasteiger partial charge in [0.25, 0.3) is 0 Å². The number of nitrogens with one attached hydrogen (secondary N) is 1. The summed E-state index contributed by atoms with van der Waals surface area (Å²) in [6.45, 7) is 4.37. The average Bonchev–Trinajstić information content (AvgIpc) is 3.01. The van der Waals surface area contributed by atoms with Crippen LogP contribution in [0.5, 0.6) is 5.75 Å². The van der Waals surface area contributed by atoms with E-state index in [0.29, 0.717) is 18.8 Å². The van der Waals surface area contributed by atoms with Crippen LogP contribution in [0.25, 0.3) is 0 Å². The van der Waals surface area contributed by atoms with Crippen molar-refractivity contribution in [1.29, 1.82) is 0 Å². The lowest BCUT2D eigenvalue weighted by atomic mass is 10.2. The fourth-order valence-corrected chi connectivity index (χ4v) is 2.69. The molecule has 0 bridgehead atoms. The number of aromatic nitrogens is 2. The molecule has 1 N–H and O–H groups in total. The fraction of sp³-hybridized carbons (Fsp3) is 0.250. The maximum Gasteiger partial charge on any atom is 0.573 e. The van der Waals surface area contributed by atoms with Crippen LogP contribution in [0.15, 0.2) is 49.2 Å². The van der Waals surface area contributed by atoms with E-state index in [0.717, 1.165) is 5.82 Å². The summed E-state index contributed by atoms with van der Waals surface area (Å²) in [5.41, 5.74) is 0.661. The highest BCUT2D eigenvalue weighted by Gasteiger charge is 2.31. The Bertz CT molecular complexity index is 770. The molecule has 9 heteroatoms. The lowest BCUT2D eigenvalue weighted by molar-refractivity contribution is -0.274. The Morgan fingerprint density at radius 3 is 2.64 bits per heavy atom. The molecule has 2 aromatic rings. The quantitative estimate of drug-likeness (QED) is 0.860. The van der Waals surface area contributed by atoms with Crippen molar-refractivity contribution >= 4 is 17.4 Å². The molecule has 6 nitrogen and oxygen atoms in total. The van der Waals surface area contributed by atoms with Gasteiger partial charge < -0.3 is 15.0 Å². The van der Waals surface area contributed by atoms with Crippen molar-refractivity contribution in [1.82, 2.24) is 15.1 Å². The molecule has 2 heterocycles. The molecule has 0 saturated heterocycles. The number of carbonyl (C=O) groups excluding carboxylic acids is 1. The van der Waals surface area contributed by atoms with Crippen molar-refractivity contribution in [3.05, 3.63) is 49.2 Å². The van der Waals surface area contributed by atoms with Crippen molar-refractivity contribution in [3.8, 4) is 5.75 Å². The van der Waals surface area contributed by atoms with Crippen LogP contribution in [-0.2, 0) is 11.3 Å². The Hall–Kier alpha value is -2.97. The fourth-order valence-electron chi connectivity index (χ4n) is 2.69. The third kappa shape index (κ3) is 3.93. The summed E-state index contributed by atoms with van der Waals surface area (Å²) in [4.78, 5) is 13.4. The molecule has 1 aliphatic heterocycles. The molecular formula is C16H15F3N4O2. The van der Waals surface area contributed by atoms with E-state index in [2.05, 4.69) is 21.7 Å². The van der Waals surface area contributed by atoms with Crippen LogP contribution >= 0.6 is 0 Å². The first-order valence-corrected chi connectivity index (χ1v) is 7.44. The molecule has 132 valence electrons. The zero-order chi connectivity index (χ0) is 18.0. The summed E-state index contributed by atoms with van der Waals surface area (Å²) in [6.07, 6.45) is -1.92. The van der Waals surface area contributed by atoms with Crippen molar-refractivity contribution < 1.29 is 22.7 Å². The zero-order valence-electron chi connectivity index (χ0n) is 13.0. The second-order valence-corrected chi connectivity index (χ2v) is 5.43. The number of halogens is 3. The van der Waals surface area contributed by atoms with E-state index in [1.807, 2.05) is 4.90 Å². The third-order valence-corrected chi connectivity index (χ3v) is 3.68. The summed E-state index contributed by atoms with van der Waals surface area (Å²) in [6, 6.07) is 7.12. The molecule has 0 fully saturated rings. The Morgan fingerprint density at radius 2 is 2.00 bits per heavy atom. The van der Waals surface area contributed by atoms with E-state index >= 15 is 0 Å². The number of ether oxygens (including phenoxy) is 1. The van der Waals surface area contributed by atoms with Crippen LogP contribution in [0.3, 0.4) is 0 Å². The van der Waals surface area contributed by atoms with Crippen LogP contribution in [0.1, 0.15) is 0 Å². The number of nitrogens with zero attached hydrogens (tertiary/aromatic N) is 3. The van der Waals surface area contributed by atoms with Crippen LogP contribution < -0.4 is 15.0 Å². The Balaban J connectivity index is 1.83. The molecule has 0 spiro atoms. The smallest absolute Gasteiger partial charge is 0.406 e. The van der Waals surface area contributed by atoms with Gasteiger partial charge in [0.15, 0.2) is 0 Å². The van der Waals surface area contributed by atoms with Crippen LogP contribution in [0.4, 0.5) is 24.7 Å². The summed E-state index contributed by atoms with van der Waals surface area (Å²) in [5.74, 6) is 0.196. The number of fused-ring (bicyclic) bond motifs is 1. The van der Waals surface area contributed by atoms with E-state index in [4.69, 9.17) is 0 Å². The highest BCUT2D eigenvalue weighted by atomic mass is 19.4. The van der Waals surface area contributed by atoms with Crippen molar-refractivity contribution in [2.75, 3.05) is 11.4 Å².